The van der Waals surface area contributed by atoms with Gasteiger partial charge in [-0.05, 0) is 41.5 Å². The van der Waals surface area contributed by atoms with E-state index in [0.29, 0.717) is 0 Å². The monoisotopic (exact) mass is 492 g/mol. The van der Waals surface area contributed by atoms with Crippen molar-refractivity contribution in [3.05, 3.63) is 91.4 Å². The molecule has 1 unspecified atom stereocenters. The van der Waals surface area contributed by atoms with Crippen molar-refractivity contribution in [3.63, 3.8) is 0 Å². The van der Waals surface area contributed by atoms with Crippen molar-refractivity contribution < 1.29 is 23.2 Å². The van der Waals surface area contributed by atoms with Crippen molar-refractivity contribution in [2.45, 2.75) is 4.75 Å². The molecule has 0 heterocycles. The molecule has 3 aromatic rings. The van der Waals surface area contributed by atoms with Crippen LogP contribution in [-0.4, -0.2) is 23.2 Å². The van der Waals surface area contributed by atoms with Crippen LogP contribution < -0.4 is 0 Å². The number of rotatable bonds is 4. The van der Waals surface area contributed by atoms with E-state index in [1.807, 2.05) is 0 Å². The molecular weight excluding hydrogens is 482 g/mol. The lowest BCUT2D eigenvalue weighted by atomic mass is 9.83. The molecular formula is C19H12Cl4O5S. The van der Waals surface area contributed by atoms with Crippen LogP contribution in [0.2, 0.25) is 20.1 Å². The highest BCUT2D eigenvalue weighted by Gasteiger charge is 2.50. The van der Waals surface area contributed by atoms with Gasteiger partial charge in [-0.15, -0.1) is 0 Å². The van der Waals surface area contributed by atoms with Crippen LogP contribution in [-0.2, 0) is 14.9 Å². The van der Waals surface area contributed by atoms with E-state index in [9.17, 15) is 23.2 Å². The van der Waals surface area contributed by atoms with Gasteiger partial charge < -0.3 is 10.2 Å². The van der Waals surface area contributed by atoms with E-state index in [1.54, 1.807) is 0 Å². The van der Waals surface area contributed by atoms with E-state index < -0.39 is 26.4 Å². The van der Waals surface area contributed by atoms with E-state index in [2.05, 4.69) is 0 Å². The number of hydrogen-bond acceptors (Lipinski definition) is 4. The Morgan fingerprint density at radius 2 is 1.45 bits per heavy atom. The van der Waals surface area contributed by atoms with Crippen LogP contribution in [0.5, 0.6) is 11.5 Å². The molecule has 0 fully saturated rings. The summed E-state index contributed by atoms with van der Waals surface area (Å²) in [6.07, 6.45) is 0. The van der Waals surface area contributed by atoms with Crippen molar-refractivity contribution in [2.24, 2.45) is 0 Å². The number of halogens is 4. The molecule has 29 heavy (non-hydrogen) atoms. The summed E-state index contributed by atoms with van der Waals surface area (Å²) in [5.41, 5.74) is -0.276. The Bertz CT molecular complexity index is 1190. The minimum absolute atomic E-state index is 0.0119. The molecule has 5 nitrogen and oxygen atoms in total. The number of hydrogen-bond donors (Lipinski definition) is 3. The topological polar surface area (TPSA) is 94.8 Å². The fourth-order valence-electron chi connectivity index (χ4n) is 3.19. The Morgan fingerprint density at radius 3 is 2.03 bits per heavy atom. The summed E-state index contributed by atoms with van der Waals surface area (Å²) in [7, 11) is -5.04. The van der Waals surface area contributed by atoms with Gasteiger partial charge in [-0.3, -0.25) is 4.55 Å². The van der Waals surface area contributed by atoms with E-state index >= 15 is 0 Å². The average molecular weight is 494 g/mol. The van der Waals surface area contributed by atoms with E-state index in [0.717, 1.165) is 12.1 Å². The van der Waals surface area contributed by atoms with E-state index in [1.165, 1.54) is 42.5 Å². The summed E-state index contributed by atoms with van der Waals surface area (Å²) in [6.45, 7) is 0. The average Bonchev–Trinajstić information content (AvgIpc) is 2.62. The Hall–Kier alpha value is -1.67. The van der Waals surface area contributed by atoms with Gasteiger partial charge in [0, 0.05) is 10.6 Å². The summed E-state index contributed by atoms with van der Waals surface area (Å²) in [5, 5.41) is 19.6. The van der Waals surface area contributed by atoms with Crippen LogP contribution in [0.1, 0.15) is 16.7 Å². The number of phenolic OH excluding ortho intramolecular Hbond substituents is 2. The Kier molecular flexibility index (Phi) is 5.98. The minimum atomic E-state index is -5.04. The van der Waals surface area contributed by atoms with Crippen molar-refractivity contribution in [2.75, 3.05) is 0 Å². The molecule has 0 aromatic heterocycles. The van der Waals surface area contributed by atoms with Crippen molar-refractivity contribution in [3.8, 4) is 11.5 Å². The maximum atomic E-state index is 13.0. The molecule has 152 valence electrons. The maximum absolute atomic E-state index is 13.0. The predicted octanol–water partition coefficient (Wildman–Crippen LogP) is 5.89. The Labute approximate surface area is 186 Å². The first kappa shape index (κ1) is 22.0. The fourth-order valence-corrected chi connectivity index (χ4v) is 5.38. The van der Waals surface area contributed by atoms with Crippen LogP contribution >= 0.6 is 46.4 Å². The molecule has 0 aliphatic rings. The van der Waals surface area contributed by atoms with Crippen LogP contribution in [0.25, 0.3) is 0 Å². The lowest BCUT2D eigenvalue weighted by molar-refractivity contribution is 0.402. The van der Waals surface area contributed by atoms with Crippen LogP contribution in [0.4, 0.5) is 0 Å². The largest absolute Gasteiger partial charge is 0.504 e. The maximum Gasteiger partial charge on any atom is 0.283 e. The van der Waals surface area contributed by atoms with Crippen LogP contribution in [0, 0.1) is 0 Å². The summed E-state index contributed by atoms with van der Waals surface area (Å²) in [6, 6.07) is 12.1. The first-order chi connectivity index (χ1) is 13.5. The van der Waals surface area contributed by atoms with Gasteiger partial charge >= 0.3 is 0 Å². The number of phenols is 2. The zero-order valence-electron chi connectivity index (χ0n) is 14.3. The van der Waals surface area contributed by atoms with Crippen LogP contribution in [0.15, 0.2) is 54.6 Å². The van der Waals surface area contributed by atoms with Gasteiger partial charge in [0.15, 0.2) is 16.2 Å². The third-order valence-corrected chi connectivity index (χ3v) is 7.21. The lowest BCUT2D eigenvalue weighted by Crippen LogP contribution is -2.38. The summed E-state index contributed by atoms with van der Waals surface area (Å²) in [4.78, 5) is 0. The van der Waals surface area contributed by atoms with E-state index in [-0.39, 0.29) is 36.8 Å². The van der Waals surface area contributed by atoms with Gasteiger partial charge in [0.2, 0.25) is 0 Å². The molecule has 0 saturated carbocycles. The Balaban J connectivity index is 2.61. The smallest absolute Gasteiger partial charge is 0.283 e. The van der Waals surface area contributed by atoms with Crippen molar-refractivity contribution >= 4 is 56.5 Å². The van der Waals surface area contributed by atoms with Crippen molar-refractivity contribution in [1.29, 1.82) is 0 Å². The quantitative estimate of drug-likeness (QED) is 0.239. The fraction of sp³-hybridized carbons (Fsp3) is 0.0526. The molecule has 10 heteroatoms. The Morgan fingerprint density at radius 1 is 0.793 bits per heavy atom. The third-order valence-electron chi connectivity index (χ3n) is 4.40. The zero-order chi connectivity index (χ0) is 21.6. The second kappa shape index (κ2) is 7.87. The number of benzene rings is 3. The highest BCUT2D eigenvalue weighted by Crippen LogP contribution is 2.50. The highest BCUT2D eigenvalue weighted by molar-refractivity contribution is 7.87. The normalized spacial score (nSPS) is 13.8. The second-order valence-electron chi connectivity index (χ2n) is 6.09. The summed E-state index contributed by atoms with van der Waals surface area (Å²) < 4.78 is 34.0. The molecule has 0 aliphatic carbocycles. The van der Waals surface area contributed by atoms with Crippen molar-refractivity contribution in [1.82, 2.24) is 0 Å². The van der Waals surface area contributed by atoms with E-state index in [4.69, 9.17) is 46.4 Å². The van der Waals surface area contributed by atoms with Gasteiger partial charge in [-0.2, -0.15) is 8.42 Å². The summed E-state index contributed by atoms with van der Waals surface area (Å²) in [5.74, 6) is -1.34. The van der Waals surface area contributed by atoms with Gasteiger partial charge in [0.1, 0.15) is 0 Å². The minimum Gasteiger partial charge on any atom is -0.504 e. The third kappa shape index (κ3) is 3.65. The molecule has 0 aliphatic heterocycles. The molecule has 0 saturated heterocycles. The molecule has 0 radical (unpaired) electrons. The molecule has 3 aromatic carbocycles. The molecule has 0 bridgehead atoms. The molecule has 0 amide bonds. The molecule has 3 N–H and O–H groups in total. The van der Waals surface area contributed by atoms with Gasteiger partial charge in [0.05, 0.1) is 15.1 Å². The standard InChI is InChI=1S/C19H12Cl4O5S/c20-12-4-1-3-10(7-12)19(29(26,27)28,13-5-2-6-14(21)17(13)23)11-8-15(22)18(25)16(24)9-11/h1-9,24-25H,(H,26,27,28). The first-order valence-electron chi connectivity index (χ1n) is 7.89. The number of aromatic hydroxyl groups is 2. The van der Waals surface area contributed by atoms with Gasteiger partial charge in [-0.25, -0.2) is 0 Å². The molecule has 3 rings (SSSR count). The van der Waals surface area contributed by atoms with Crippen LogP contribution in [0.3, 0.4) is 0 Å². The second-order valence-corrected chi connectivity index (χ2v) is 9.29. The lowest BCUT2D eigenvalue weighted by Gasteiger charge is -2.33. The van der Waals surface area contributed by atoms with Gasteiger partial charge in [0.25, 0.3) is 10.1 Å². The highest BCUT2D eigenvalue weighted by atomic mass is 35.5. The molecule has 0 spiro atoms. The van der Waals surface area contributed by atoms with Gasteiger partial charge in [-0.1, -0.05) is 70.7 Å². The first-order valence-corrected chi connectivity index (χ1v) is 10.8. The molecule has 1 atom stereocenters. The predicted molar refractivity (Wildman–Crippen MR) is 114 cm³/mol. The zero-order valence-corrected chi connectivity index (χ0v) is 18.1. The summed E-state index contributed by atoms with van der Waals surface area (Å²) >= 11 is 24.5. The SMILES string of the molecule is O=S(=O)(O)C(c1cccc(Cl)c1)(c1cc(O)c(O)c(Cl)c1)c1cccc(Cl)c1Cl.